The summed E-state index contributed by atoms with van der Waals surface area (Å²) in [5, 5.41) is 1.06. The van der Waals surface area contributed by atoms with Gasteiger partial charge in [-0.2, -0.15) is 15.0 Å². The van der Waals surface area contributed by atoms with Crippen LogP contribution in [0.2, 0.25) is 15.3 Å². The van der Waals surface area contributed by atoms with E-state index in [0.717, 1.165) is 5.56 Å². The molecule has 0 saturated heterocycles. The molecule has 0 aliphatic carbocycles. The van der Waals surface area contributed by atoms with E-state index in [1.54, 1.807) is 23.1 Å². The lowest BCUT2D eigenvalue weighted by molar-refractivity contribution is 0.962. The first kappa shape index (κ1) is 13.3. The zero-order valence-corrected chi connectivity index (χ0v) is 11.9. The summed E-state index contributed by atoms with van der Waals surface area (Å²) in [6.07, 6.45) is 0. The Bertz CT molecular complexity index is 586. The van der Waals surface area contributed by atoms with Crippen LogP contribution in [0.25, 0.3) is 11.4 Å². The molecule has 2 rings (SSSR count). The van der Waals surface area contributed by atoms with Crippen molar-refractivity contribution in [1.82, 2.24) is 15.0 Å². The van der Waals surface area contributed by atoms with Crippen LogP contribution in [0.4, 0.5) is 5.95 Å². The first-order valence-corrected chi connectivity index (χ1v) is 6.15. The molecule has 0 spiro atoms. The number of nitrogens with zero attached hydrogens (tertiary/aromatic N) is 4. The third-order valence-corrected chi connectivity index (χ3v) is 3.08. The van der Waals surface area contributed by atoms with E-state index in [1.807, 2.05) is 14.1 Å². The molecule has 0 aliphatic heterocycles. The van der Waals surface area contributed by atoms with Crippen LogP contribution in [0.5, 0.6) is 0 Å². The van der Waals surface area contributed by atoms with Crippen LogP contribution in [0.3, 0.4) is 0 Å². The molecule has 0 atom stereocenters. The molecule has 0 amide bonds. The lowest BCUT2D eigenvalue weighted by Gasteiger charge is -2.11. The van der Waals surface area contributed by atoms with Gasteiger partial charge in [0.25, 0.3) is 0 Å². The second-order valence-electron chi connectivity index (χ2n) is 3.75. The zero-order chi connectivity index (χ0) is 13.3. The van der Waals surface area contributed by atoms with Gasteiger partial charge in [-0.3, -0.25) is 0 Å². The number of aromatic nitrogens is 3. The fourth-order valence-electron chi connectivity index (χ4n) is 1.30. The summed E-state index contributed by atoms with van der Waals surface area (Å²) < 4.78 is 0. The normalized spacial score (nSPS) is 10.5. The Morgan fingerprint density at radius 3 is 2.28 bits per heavy atom. The molecule has 1 heterocycles. The standard InChI is InChI=1S/C11H9Cl3N4/c1-18(2)11-16-9(15-10(14)17-11)6-3-4-7(12)8(13)5-6/h3-5H,1-2H3. The molecule has 0 unspecified atom stereocenters. The predicted octanol–water partition coefficient (Wildman–Crippen LogP) is 3.56. The molecule has 4 nitrogen and oxygen atoms in total. The van der Waals surface area contributed by atoms with E-state index in [2.05, 4.69) is 15.0 Å². The molecular formula is C11H9Cl3N4. The Kier molecular flexibility index (Phi) is 3.90. The molecule has 0 saturated carbocycles. The maximum atomic E-state index is 5.96. The Labute approximate surface area is 120 Å². The Morgan fingerprint density at radius 2 is 1.67 bits per heavy atom. The minimum Gasteiger partial charge on any atom is -0.347 e. The van der Waals surface area contributed by atoms with Crippen molar-refractivity contribution in [3.63, 3.8) is 0 Å². The van der Waals surface area contributed by atoms with Crippen molar-refractivity contribution in [2.45, 2.75) is 0 Å². The Balaban J connectivity index is 2.53. The van der Waals surface area contributed by atoms with Gasteiger partial charge in [-0.15, -0.1) is 0 Å². The fourth-order valence-corrected chi connectivity index (χ4v) is 1.76. The van der Waals surface area contributed by atoms with Crippen LogP contribution in [0.1, 0.15) is 0 Å². The minimum atomic E-state index is 0.134. The molecule has 94 valence electrons. The second-order valence-corrected chi connectivity index (χ2v) is 4.90. The molecule has 18 heavy (non-hydrogen) atoms. The van der Waals surface area contributed by atoms with Crippen molar-refractivity contribution < 1.29 is 0 Å². The molecule has 0 radical (unpaired) electrons. The van der Waals surface area contributed by atoms with Gasteiger partial charge in [-0.25, -0.2) is 0 Å². The van der Waals surface area contributed by atoms with Crippen molar-refractivity contribution in [3.8, 4) is 11.4 Å². The number of rotatable bonds is 2. The lowest BCUT2D eigenvalue weighted by Crippen LogP contribution is -2.13. The molecule has 0 aliphatic rings. The minimum absolute atomic E-state index is 0.134. The molecule has 2 aromatic rings. The number of hydrogen-bond acceptors (Lipinski definition) is 4. The molecule has 1 aromatic carbocycles. The summed E-state index contributed by atoms with van der Waals surface area (Å²) in [7, 11) is 3.65. The van der Waals surface area contributed by atoms with Gasteiger partial charge >= 0.3 is 0 Å². The fraction of sp³-hybridized carbons (Fsp3) is 0.182. The zero-order valence-electron chi connectivity index (χ0n) is 9.65. The number of anilines is 1. The van der Waals surface area contributed by atoms with Crippen LogP contribution in [-0.4, -0.2) is 29.0 Å². The van der Waals surface area contributed by atoms with Gasteiger partial charge in [-0.1, -0.05) is 23.2 Å². The highest BCUT2D eigenvalue weighted by Crippen LogP contribution is 2.27. The molecule has 7 heteroatoms. The first-order valence-electron chi connectivity index (χ1n) is 5.01. The third kappa shape index (κ3) is 2.83. The van der Waals surface area contributed by atoms with Gasteiger partial charge in [-0.05, 0) is 29.8 Å². The van der Waals surface area contributed by atoms with Crippen LogP contribution in [-0.2, 0) is 0 Å². The summed E-state index contributed by atoms with van der Waals surface area (Å²) in [5.41, 5.74) is 0.733. The second kappa shape index (κ2) is 5.26. The van der Waals surface area contributed by atoms with Gasteiger partial charge in [0.05, 0.1) is 10.0 Å². The molecule has 0 N–H and O–H groups in total. The number of benzene rings is 1. The molecule has 0 bridgehead atoms. The maximum Gasteiger partial charge on any atom is 0.229 e. The van der Waals surface area contributed by atoms with Crippen molar-refractivity contribution in [2.24, 2.45) is 0 Å². The first-order chi connectivity index (χ1) is 8.47. The molecular weight excluding hydrogens is 295 g/mol. The van der Waals surface area contributed by atoms with E-state index < -0.39 is 0 Å². The molecule has 0 fully saturated rings. The topological polar surface area (TPSA) is 41.9 Å². The van der Waals surface area contributed by atoms with Crippen molar-refractivity contribution >= 4 is 40.8 Å². The van der Waals surface area contributed by atoms with E-state index >= 15 is 0 Å². The van der Waals surface area contributed by atoms with E-state index in [9.17, 15) is 0 Å². The van der Waals surface area contributed by atoms with Gasteiger partial charge in [0.1, 0.15) is 0 Å². The highest BCUT2D eigenvalue weighted by Gasteiger charge is 2.10. The van der Waals surface area contributed by atoms with Crippen molar-refractivity contribution in [2.75, 3.05) is 19.0 Å². The van der Waals surface area contributed by atoms with E-state index in [1.165, 1.54) is 0 Å². The van der Waals surface area contributed by atoms with E-state index in [0.29, 0.717) is 21.8 Å². The summed E-state index contributed by atoms with van der Waals surface area (Å²) in [5.74, 6) is 0.938. The van der Waals surface area contributed by atoms with Gasteiger partial charge in [0.2, 0.25) is 11.2 Å². The summed E-state index contributed by atoms with van der Waals surface area (Å²) in [6, 6.07) is 5.15. The van der Waals surface area contributed by atoms with E-state index in [-0.39, 0.29) is 5.28 Å². The Hall–Kier alpha value is -1.10. The average Bonchev–Trinajstić information content (AvgIpc) is 2.31. The highest BCUT2D eigenvalue weighted by molar-refractivity contribution is 6.42. The van der Waals surface area contributed by atoms with Gasteiger partial charge in [0, 0.05) is 19.7 Å². The lowest BCUT2D eigenvalue weighted by atomic mass is 10.2. The van der Waals surface area contributed by atoms with Crippen LogP contribution in [0.15, 0.2) is 18.2 Å². The van der Waals surface area contributed by atoms with E-state index in [4.69, 9.17) is 34.8 Å². The number of halogens is 3. The SMILES string of the molecule is CN(C)c1nc(Cl)nc(-c2ccc(Cl)c(Cl)c2)n1. The third-order valence-electron chi connectivity index (χ3n) is 2.17. The summed E-state index contributed by atoms with van der Waals surface area (Å²) in [4.78, 5) is 14.1. The van der Waals surface area contributed by atoms with Crippen LogP contribution < -0.4 is 4.90 Å². The highest BCUT2D eigenvalue weighted by atomic mass is 35.5. The van der Waals surface area contributed by atoms with Gasteiger partial charge < -0.3 is 4.90 Å². The Morgan fingerprint density at radius 1 is 0.944 bits per heavy atom. The monoisotopic (exact) mass is 302 g/mol. The van der Waals surface area contributed by atoms with Crippen LogP contribution >= 0.6 is 34.8 Å². The largest absolute Gasteiger partial charge is 0.347 e. The maximum absolute atomic E-state index is 5.96. The summed E-state index contributed by atoms with van der Waals surface area (Å²) in [6.45, 7) is 0. The molecule has 1 aromatic heterocycles. The van der Waals surface area contributed by atoms with Crippen molar-refractivity contribution in [3.05, 3.63) is 33.5 Å². The summed E-state index contributed by atoms with van der Waals surface area (Å²) >= 11 is 17.7. The smallest absolute Gasteiger partial charge is 0.229 e. The predicted molar refractivity (Wildman–Crippen MR) is 74.6 cm³/mol. The number of hydrogen-bond donors (Lipinski definition) is 0. The van der Waals surface area contributed by atoms with Crippen molar-refractivity contribution in [1.29, 1.82) is 0 Å². The average molecular weight is 304 g/mol. The quantitative estimate of drug-likeness (QED) is 0.850. The van der Waals surface area contributed by atoms with Crippen LogP contribution in [0, 0.1) is 0 Å². The van der Waals surface area contributed by atoms with Gasteiger partial charge in [0.15, 0.2) is 5.82 Å².